The third-order valence-electron chi connectivity index (χ3n) is 6.35. The lowest BCUT2D eigenvalue weighted by atomic mass is 9.91. The van der Waals surface area contributed by atoms with Crippen LogP contribution in [0.1, 0.15) is 29.9 Å². The van der Waals surface area contributed by atoms with Gasteiger partial charge in [-0.05, 0) is 65.9 Å². The maximum absolute atomic E-state index is 13.2. The fourth-order valence-electron chi connectivity index (χ4n) is 4.20. The van der Waals surface area contributed by atoms with E-state index >= 15 is 0 Å². The van der Waals surface area contributed by atoms with Gasteiger partial charge < -0.3 is 4.74 Å². The van der Waals surface area contributed by atoms with E-state index in [9.17, 15) is 21.6 Å². The number of ether oxygens (including phenoxy) is 1. The molecule has 1 aliphatic carbocycles. The lowest BCUT2D eigenvalue weighted by Gasteiger charge is -2.17. The molecule has 0 bridgehead atoms. The van der Waals surface area contributed by atoms with Crippen molar-refractivity contribution in [3.63, 3.8) is 0 Å². The van der Waals surface area contributed by atoms with E-state index in [1.165, 1.54) is 19.2 Å². The lowest BCUT2D eigenvalue weighted by molar-refractivity contribution is -0.121. The van der Waals surface area contributed by atoms with Crippen LogP contribution in [0.15, 0.2) is 70.5 Å². The molecule has 196 valence electrons. The average molecular weight is 582 g/mol. The summed E-state index contributed by atoms with van der Waals surface area (Å²) in [5, 5.41) is 0.393. The summed E-state index contributed by atoms with van der Waals surface area (Å²) in [7, 11) is -5.15. The van der Waals surface area contributed by atoms with Crippen LogP contribution in [-0.2, 0) is 35.6 Å². The van der Waals surface area contributed by atoms with E-state index in [1.54, 1.807) is 48.5 Å². The highest BCUT2D eigenvalue weighted by molar-refractivity contribution is 7.92. The van der Waals surface area contributed by atoms with Crippen molar-refractivity contribution in [2.24, 2.45) is 0 Å². The smallest absolute Gasteiger partial charge is 0.181 e. The number of hydrogen-bond acceptors (Lipinski definition) is 6. The van der Waals surface area contributed by atoms with Gasteiger partial charge in [0.25, 0.3) is 0 Å². The molecular formula is C27H26Cl2O6S2. The maximum Gasteiger partial charge on any atom is 0.181 e. The first-order valence-corrected chi connectivity index (χ1v) is 15.7. The predicted octanol–water partition coefficient (Wildman–Crippen LogP) is 5.54. The highest BCUT2D eigenvalue weighted by Crippen LogP contribution is 2.38. The first kappa shape index (κ1) is 27.8. The molecule has 1 saturated carbocycles. The summed E-state index contributed by atoms with van der Waals surface area (Å²) >= 11 is 13.1. The summed E-state index contributed by atoms with van der Waals surface area (Å²) in [4.78, 5) is 13.7. The number of ketones is 1. The van der Waals surface area contributed by atoms with Crippen molar-refractivity contribution in [3.05, 3.63) is 81.8 Å². The van der Waals surface area contributed by atoms with E-state index in [2.05, 4.69) is 0 Å². The van der Waals surface area contributed by atoms with Crippen LogP contribution in [0.25, 0.3) is 11.1 Å². The minimum absolute atomic E-state index is 0.0418. The molecule has 0 heterocycles. The van der Waals surface area contributed by atoms with Crippen LogP contribution >= 0.6 is 23.2 Å². The molecule has 1 atom stereocenters. The SMILES string of the molecule is COC[C@@H](C(=O)Cc1cc(Cl)c(-c2ccc(S(=O)(=O)C3CC3)cc2)c(Cl)c1)c1ccc(S(C)(=O)=O)cc1. The Morgan fingerprint density at radius 1 is 0.919 bits per heavy atom. The Bertz CT molecular complexity index is 1500. The molecule has 1 fully saturated rings. The van der Waals surface area contributed by atoms with Crippen LogP contribution in [0.3, 0.4) is 0 Å². The minimum atomic E-state index is -3.35. The summed E-state index contributed by atoms with van der Waals surface area (Å²) in [6, 6.07) is 16.0. The number of methoxy groups -OCH3 is 1. The van der Waals surface area contributed by atoms with Gasteiger partial charge >= 0.3 is 0 Å². The van der Waals surface area contributed by atoms with Gasteiger partial charge in [0.15, 0.2) is 19.7 Å². The Kier molecular flexibility index (Phi) is 8.16. The van der Waals surface area contributed by atoms with Gasteiger partial charge in [-0.25, -0.2) is 16.8 Å². The van der Waals surface area contributed by atoms with Crippen LogP contribution in [0.5, 0.6) is 0 Å². The molecule has 0 aromatic heterocycles. The number of carbonyl (C=O) groups is 1. The standard InChI is InChI=1S/C27H26Cl2O6S2/c1-35-16-23(18-3-7-20(8-4-18)36(2,31)32)26(30)15-17-13-24(28)27(25(29)14-17)19-5-9-21(10-6-19)37(33,34)22-11-12-22/h3-10,13-14,22-23H,11-12,15-16H2,1-2H3/t23-/m1/s1. The molecule has 0 unspecified atom stereocenters. The summed E-state index contributed by atoms with van der Waals surface area (Å²) in [6.07, 6.45) is 2.56. The van der Waals surface area contributed by atoms with Crippen molar-refractivity contribution in [2.45, 2.75) is 40.2 Å². The van der Waals surface area contributed by atoms with E-state index in [-0.39, 0.29) is 33.9 Å². The van der Waals surface area contributed by atoms with E-state index in [0.717, 1.165) is 6.26 Å². The van der Waals surface area contributed by atoms with Crippen molar-refractivity contribution in [1.29, 1.82) is 0 Å². The van der Waals surface area contributed by atoms with Crippen LogP contribution in [-0.4, -0.2) is 47.8 Å². The molecule has 3 aromatic rings. The maximum atomic E-state index is 13.2. The number of carbonyl (C=O) groups excluding carboxylic acids is 1. The molecule has 3 aromatic carbocycles. The first-order chi connectivity index (χ1) is 17.4. The Morgan fingerprint density at radius 3 is 1.95 bits per heavy atom. The van der Waals surface area contributed by atoms with Gasteiger partial charge in [-0.3, -0.25) is 4.79 Å². The number of halogens is 2. The van der Waals surface area contributed by atoms with E-state index in [1.807, 2.05) is 0 Å². The average Bonchev–Trinajstić information content (AvgIpc) is 3.68. The van der Waals surface area contributed by atoms with Gasteiger partial charge in [0.2, 0.25) is 0 Å². The third-order valence-corrected chi connectivity index (χ3v) is 10.4. The molecule has 0 radical (unpaired) electrons. The number of hydrogen-bond donors (Lipinski definition) is 0. The second-order valence-electron chi connectivity index (χ2n) is 9.20. The predicted molar refractivity (Wildman–Crippen MR) is 145 cm³/mol. The monoisotopic (exact) mass is 580 g/mol. The Morgan fingerprint density at radius 2 is 1.46 bits per heavy atom. The van der Waals surface area contributed by atoms with Gasteiger partial charge in [0, 0.05) is 25.3 Å². The second-order valence-corrected chi connectivity index (χ2v) is 14.3. The number of benzene rings is 3. The first-order valence-electron chi connectivity index (χ1n) is 11.6. The van der Waals surface area contributed by atoms with Crippen molar-refractivity contribution in [1.82, 2.24) is 0 Å². The topological polar surface area (TPSA) is 94.6 Å². The fourth-order valence-corrected chi connectivity index (χ4v) is 7.24. The summed E-state index contributed by atoms with van der Waals surface area (Å²) < 4.78 is 53.7. The van der Waals surface area contributed by atoms with Crippen molar-refractivity contribution >= 4 is 48.7 Å². The zero-order valence-corrected chi connectivity index (χ0v) is 23.4. The summed E-state index contributed by atoms with van der Waals surface area (Å²) in [5.74, 6) is -0.736. The van der Waals surface area contributed by atoms with Crippen LogP contribution in [0.4, 0.5) is 0 Å². The molecule has 37 heavy (non-hydrogen) atoms. The number of rotatable bonds is 10. The molecule has 0 N–H and O–H groups in total. The zero-order valence-electron chi connectivity index (χ0n) is 20.3. The molecular weight excluding hydrogens is 555 g/mol. The summed E-state index contributed by atoms with van der Waals surface area (Å²) in [6.45, 7) is 0.132. The van der Waals surface area contributed by atoms with E-state index in [4.69, 9.17) is 27.9 Å². The van der Waals surface area contributed by atoms with Gasteiger partial charge in [0.05, 0.1) is 37.6 Å². The molecule has 0 saturated heterocycles. The molecule has 1 aliphatic rings. The summed E-state index contributed by atoms with van der Waals surface area (Å²) in [5.41, 5.74) is 2.49. The van der Waals surface area contributed by atoms with Crippen LogP contribution < -0.4 is 0 Å². The lowest BCUT2D eigenvalue weighted by Crippen LogP contribution is -2.20. The van der Waals surface area contributed by atoms with Crippen LogP contribution in [0.2, 0.25) is 10.0 Å². The molecule has 0 spiro atoms. The van der Waals surface area contributed by atoms with Crippen molar-refractivity contribution < 1.29 is 26.4 Å². The highest BCUT2D eigenvalue weighted by Gasteiger charge is 2.36. The Hall–Kier alpha value is -2.23. The van der Waals surface area contributed by atoms with Gasteiger partial charge in [-0.2, -0.15) is 0 Å². The quantitative estimate of drug-likeness (QED) is 0.312. The molecule has 6 nitrogen and oxygen atoms in total. The normalized spacial score (nSPS) is 14.9. The zero-order chi connectivity index (χ0) is 27.0. The molecule has 0 amide bonds. The van der Waals surface area contributed by atoms with E-state index in [0.29, 0.717) is 45.1 Å². The van der Waals surface area contributed by atoms with Crippen molar-refractivity contribution in [2.75, 3.05) is 20.0 Å². The van der Waals surface area contributed by atoms with Gasteiger partial charge in [-0.15, -0.1) is 0 Å². The molecule has 10 heteroatoms. The van der Waals surface area contributed by atoms with Gasteiger partial charge in [0.1, 0.15) is 5.78 Å². The van der Waals surface area contributed by atoms with Gasteiger partial charge in [-0.1, -0.05) is 47.5 Å². The fraction of sp³-hybridized carbons (Fsp3) is 0.296. The second kappa shape index (κ2) is 10.9. The van der Waals surface area contributed by atoms with Crippen LogP contribution in [0, 0.1) is 0 Å². The largest absolute Gasteiger partial charge is 0.384 e. The Balaban J connectivity index is 1.55. The van der Waals surface area contributed by atoms with Crippen molar-refractivity contribution in [3.8, 4) is 11.1 Å². The highest BCUT2D eigenvalue weighted by atomic mass is 35.5. The third kappa shape index (κ3) is 6.26. The molecule has 0 aliphatic heterocycles. The minimum Gasteiger partial charge on any atom is -0.384 e. The van der Waals surface area contributed by atoms with E-state index < -0.39 is 25.6 Å². The number of sulfone groups is 2. The Labute approximate surface area is 227 Å². The number of Topliss-reactive ketones (excluding diaryl/α,β-unsaturated/α-hetero) is 1. The molecule has 4 rings (SSSR count).